The van der Waals surface area contributed by atoms with Crippen LogP contribution in [0.4, 0.5) is 5.82 Å². The van der Waals surface area contributed by atoms with Gasteiger partial charge in [-0.2, -0.15) is 0 Å². The molecule has 0 fully saturated rings. The Balaban J connectivity index is 3.20. The molecule has 0 radical (unpaired) electrons. The first-order valence-electron chi connectivity index (χ1n) is 3.14. The summed E-state index contributed by atoms with van der Waals surface area (Å²) in [6.45, 7) is 1.79. The van der Waals surface area contributed by atoms with E-state index in [4.69, 9.17) is 11.5 Å². The molecule has 0 spiro atoms. The van der Waals surface area contributed by atoms with E-state index in [-0.39, 0.29) is 11.4 Å². The van der Waals surface area contributed by atoms with Gasteiger partial charge in [-0.05, 0) is 19.1 Å². The molecule has 4 N–H and O–H groups in total. The summed E-state index contributed by atoms with van der Waals surface area (Å²) in [5.74, 6) is -0.354. The predicted octanol–water partition coefficient (Wildman–Crippen LogP) is 0.0711. The molecule has 11 heavy (non-hydrogen) atoms. The lowest BCUT2D eigenvalue weighted by Crippen LogP contribution is -2.14. The number of hydrogen-bond acceptors (Lipinski definition) is 3. The quantitative estimate of drug-likeness (QED) is 0.595. The van der Waals surface area contributed by atoms with Crippen LogP contribution >= 0.6 is 0 Å². The number of aryl methyl sites for hydroxylation is 1. The van der Waals surface area contributed by atoms with Crippen LogP contribution in [-0.4, -0.2) is 10.9 Å². The smallest absolute Gasteiger partial charge is 0.252 e. The van der Waals surface area contributed by atoms with Crippen molar-refractivity contribution in [3.63, 3.8) is 0 Å². The van der Waals surface area contributed by atoms with Gasteiger partial charge in [0, 0.05) is 5.69 Å². The van der Waals surface area contributed by atoms with Gasteiger partial charge in [-0.25, -0.2) is 4.98 Å². The van der Waals surface area contributed by atoms with Crippen molar-refractivity contribution in [2.45, 2.75) is 6.92 Å². The Bertz CT molecular complexity index is 296. The van der Waals surface area contributed by atoms with Crippen molar-refractivity contribution in [1.29, 1.82) is 0 Å². The molecule has 0 aliphatic carbocycles. The lowest BCUT2D eigenvalue weighted by Gasteiger charge is -1.99. The van der Waals surface area contributed by atoms with Crippen LogP contribution in [0.25, 0.3) is 0 Å². The van der Waals surface area contributed by atoms with E-state index < -0.39 is 5.91 Å². The van der Waals surface area contributed by atoms with Crippen molar-refractivity contribution in [1.82, 2.24) is 4.98 Å². The van der Waals surface area contributed by atoms with Gasteiger partial charge in [0.15, 0.2) is 0 Å². The maximum atomic E-state index is 10.6. The number of nitrogen functional groups attached to an aromatic ring is 1. The molecule has 0 atom stereocenters. The Hall–Kier alpha value is -1.58. The monoisotopic (exact) mass is 151 g/mol. The van der Waals surface area contributed by atoms with Gasteiger partial charge in [-0.15, -0.1) is 0 Å². The minimum atomic E-state index is -0.546. The number of hydrogen-bond donors (Lipinski definition) is 2. The van der Waals surface area contributed by atoms with Gasteiger partial charge in [-0.3, -0.25) is 4.79 Å². The van der Waals surface area contributed by atoms with E-state index in [0.717, 1.165) is 5.69 Å². The minimum Gasteiger partial charge on any atom is -0.383 e. The van der Waals surface area contributed by atoms with E-state index in [1.165, 1.54) is 0 Å². The summed E-state index contributed by atoms with van der Waals surface area (Å²) < 4.78 is 0. The van der Waals surface area contributed by atoms with Crippen molar-refractivity contribution in [2.24, 2.45) is 5.73 Å². The van der Waals surface area contributed by atoms with Gasteiger partial charge in [-0.1, -0.05) is 0 Å². The Morgan fingerprint density at radius 1 is 1.55 bits per heavy atom. The fraction of sp³-hybridized carbons (Fsp3) is 0.143. The number of nitrogens with two attached hydrogens (primary N) is 2. The normalized spacial score (nSPS) is 9.55. The third-order valence-corrected chi connectivity index (χ3v) is 1.33. The molecule has 0 saturated carbocycles. The van der Waals surface area contributed by atoms with E-state index in [0.29, 0.717) is 0 Å². The summed E-state index contributed by atoms with van der Waals surface area (Å²) in [7, 11) is 0. The van der Waals surface area contributed by atoms with Crippen LogP contribution < -0.4 is 11.5 Å². The second-order valence-corrected chi connectivity index (χ2v) is 2.25. The average molecular weight is 151 g/mol. The maximum Gasteiger partial charge on any atom is 0.252 e. The Labute approximate surface area is 64.2 Å². The summed E-state index contributed by atoms with van der Waals surface area (Å²) in [6.07, 6.45) is 0. The van der Waals surface area contributed by atoms with Gasteiger partial charge in [0.1, 0.15) is 5.82 Å². The molecule has 4 heteroatoms. The van der Waals surface area contributed by atoms with Gasteiger partial charge in [0.2, 0.25) is 0 Å². The number of primary amides is 1. The second-order valence-electron chi connectivity index (χ2n) is 2.25. The highest BCUT2D eigenvalue weighted by Gasteiger charge is 2.05. The molecular weight excluding hydrogens is 142 g/mol. The molecule has 0 unspecified atom stereocenters. The molecule has 0 aliphatic heterocycles. The van der Waals surface area contributed by atoms with E-state index in [9.17, 15) is 4.79 Å². The summed E-state index contributed by atoms with van der Waals surface area (Å²) >= 11 is 0. The molecule has 1 heterocycles. The lowest BCUT2D eigenvalue weighted by molar-refractivity contribution is 0.100. The molecule has 4 nitrogen and oxygen atoms in total. The van der Waals surface area contributed by atoms with E-state index in [1.54, 1.807) is 19.1 Å². The largest absolute Gasteiger partial charge is 0.383 e. The van der Waals surface area contributed by atoms with Crippen molar-refractivity contribution >= 4 is 11.7 Å². The number of nitrogens with zero attached hydrogens (tertiary/aromatic N) is 1. The zero-order valence-electron chi connectivity index (χ0n) is 6.16. The van der Waals surface area contributed by atoms with Crippen molar-refractivity contribution in [3.8, 4) is 0 Å². The lowest BCUT2D eigenvalue weighted by atomic mass is 10.2. The zero-order chi connectivity index (χ0) is 8.43. The molecule has 0 aliphatic rings. The van der Waals surface area contributed by atoms with Gasteiger partial charge >= 0.3 is 0 Å². The number of amides is 1. The van der Waals surface area contributed by atoms with Crippen molar-refractivity contribution in [2.75, 3.05) is 5.73 Å². The third kappa shape index (κ3) is 1.46. The third-order valence-electron chi connectivity index (χ3n) is 1.33. The van der Waals surface area contributed by atoms with Crippen molar-refractivity contribution < 1.29 is 4.79 Å². The molecule has 58 valence electrons. The van der Waals surface area contributed by atoms with Crippen LogP contribution in [0.3, 0.4) is 0 Å². The summed E-state index contributed by atoms with van der Waals surface area (Å²) in [6, 6.07) is 3.26. The number of rotatable bonds is 1. The van der Waals surface area contributed by atoms with Gasteiger partial charge < -0.3 is 11.5 Å². The van der Waals surface area contributed by atoms with Crippen LogP contribution in [-0.2, 0) is 0 Å². The molecule has 1 amide bonds. The number of carbonyl (C=O) groups excluding carboxylic acids is 1. The number of carbonyl (C=O) groups is 1. The van der Waals surface area contributed by atoms with Crippen LogP contribution in [0.2, 0.25) is 0 Å². The van der Waals surface area contributed by atoms with Gasteiger partial charge in [0.05, 0.1) is 5.56 Å². The van der Waals surface area contributed by atoms with E-state index in [2.05, 4.69) is 4.98 Å². The fourth-order valence-electron chi connectivity index (χ4n) is 0.785. The van der Waals surface area contributed by atoms with Crippen molar-refractivity contribution in [3.05, 3.63) is 23.4 Å². The number of aromatic nitrogens is 1. The van der Waals surface area contributed by atoms with Crippen LogP contribution in [0.1, 0.15) is 16.1 Å². The first kappa shape index (κ1) is 7.53. The topological polar surface area (TPSA) is 82.0 Å². The molecule has 0 saturated heterocycles. The Morgan fingerprint density at radius 3 is 2.64 bits per heavy atom. The molecular formula is C7H9N3O. The number of pyridine rings is 1. The summed E-state index contributed by atoms with van der Waals surface area (Å²) in [4.78, 5) is 14.5. The highest BCUT2D eigenvalue weighted by molar-refractivity contribution is 5.96. The summed E-state index contributed by atoms with van der Waals surface area (Å²) in [5.41, 5.74) is 11.5. The molecule has 1 rings (SSSR count). The molecule has 0 bridgehead atoms. The van der Waals surface area contributed by atoms with Gasteiger partial charge in [0.25, 0.3) is 5.91 Å². The van der Waals surface area contributed by atoms with E-state index >= 15 is 0 Å². The summed E-state index contributed by atoms with van der Waals surface area (Å²) in [5, 5.41) is 0. The van der Waals surface area contributed by atoms with Crippen LogP contribution in [0, 0.1) is 6.92 Å². The second kappa shape index (κ2) is 2.57. The average Bonchev–Trinajstić information content (AvgIpc) is 1.85. The van der Waals surface area contributed by atoms with Crippen LogP contribution in [0.15, 0.2) is 12.1 Å². The molecule has 0 aromatic carbocycles. The highest BCUT2D eigenvalue weighted by Crippen LogP contribution is 2.07. The molecule has 1 aromatic heterocycles. The fourth-order valence-corrected chi connectivity index (χ4v) is 0.785. The van der Waals surface area contributed by atoms with Crippen LogP contribution in [0.5, 0.6) is 0 Å². The van der Waals surface area contributed by atoms with E-state index in [1.807, 2.05) is 0 Å². The minimum absolute atomic E-state index is 0.192. The highest BCUT2D eigenvalue weighted by atomic mass is 16.1. The standard InChI is InChI=1S/C7H9N3O/c1-4-2-3-5(7(9)11)6(8)10-4/h2-3H,1H3,(H2,8,10)(H2,9,11). The predicted molar refractivity (Wildman–Crippen MR) is 41.9 cm³/mol. The Kier molecular flexibility index (Phi) is 1.76. The molecule has 1 aromatic rings. The maximum absolute atomic E-state index is 10.6. The first-order valence-corrected chi connectivity index (χ1v) is 3.14. The zero-order valence-corrected chi connectivity index (χ0v) is 6.16. The number of anilines is 1. The Morgan fingerprint density at radius 2 is 2.18 bits per heavy atom. The SMILES string of the molecule is Cc1ccc(C(N)=O)c(N)n1. The first-order chi connectivity index (χ1) is 5.11.